The van der Waals surface area contributed by atoms with Crippen LogP contribution >= 0.6 is 0 Å². The van der Waals surface area contributed by atoms with Gasteiger partial charge in [0, 0.05) is 13.3 Å². The zero-order chi connectivity index (χ0) is 6.85. The van der Waals surface area contributed by atoms with Gasteiger partial charge in [-0.25, -0.2) is 0 Å². The Labute approximate surface area is 52.3 Å². The van der Waals surface area contributed by atoms with Crippen LogP contribution in [0.15, 0.2) is 8.83 Å². The van der Waals surface area contributed by atoms with E-state index in [1.807, 2.05) is 6.92 Å². The van der Waals surface area contributed by atoms with E-state index in [1.54, 1.807) is 6.92 Å². The smallest absolute Gasteiger partial charge is 0.336 e. The number of hydrogen-bond donors (Lipinski definition) is 0. The Hall–Kier alpha value is -0.990. The van der Waals surface area contributed by atoms with E-state index in [0.717, 1.165) is 6.42 Å². The number of rotatable bonds is 1. The first-order valence-electron chi connectivity index (χ1n) is 2.85. The van der Waals surface area contributed by atoms with Gasteiger partial charge in [-0.15, -0.1) is 0 Å². The Morgan fingerprint density at radius 1 is 1.44 bits per heavy atom. The van der Waals surface area contributed by atoms with Gasteiger partial charge in [0.2, 0.25) is 11.5 Å². The maximum Gasteiger partial charge on any atom is 0.724 e. The van der Waals surface area contributed by atoms with E-state index in [1.165, 1.54) is 0 Å². The lowest BCUT2D eigenvalue weighted by Crippen LogP contribution is -1.89. The predicted octanol–water partition coefficient (Wildman–Crippen LogP) is 0.748. The Balaban J connectivity index is 3.16. The largest absolute Gasteiger partial charge is 0.724 e. The average Bonchev–Trinajstić information content (AvgIpc) is 2.10. The molecular weight excluding hydrogens is 120 g/mol. The first kappa shape index (κ1) is 6.13. The summed E-state index contributed by atoms with van der Waals surface area (Å²) >= 11 is 0. The Kier molecular flexibility index (Phi) is 1.42. The first-order valence-corrected chi connectivity index (χ1v) is 2.85. The van der Waals surface area contributed by atoms with Crippen LogP contribution in [0.2, 0.25) is 0 Å². The van der Waals surface area contributed by atoms with Crippen molar-refractivity contribution in [1.82, 2.24) is 0 Å². The minimum Gasteiger partial charge on any atom is -0.336 e. The third kappa shape index (κ3) is 1.04. The highest BCUT2D eigenvalue weighted by Crippen LogP contribution is 2.03. The molecular formula is C6H9O3+. The molecule has 0 atom stereocenters. The summed E-state index contributed by atoms with van der Waals surface area (Å²) in [6.45, 7) is 3.68. The van der Waals surface area contributed by atoms with Crippen LogP contribution in [0.25, 0.3) is 0 Å². The van der Waals surface area contributed by atoms with Crippen LogP contribution in [0.3, 0.4) is 0 Å². The van der Waals surface area contributed by atoms with Gasteiger partial charge in [0.15, 0.2) is 0 Å². The molecule has 9 heavy (non-hydrogen) atoms. The van der Waals surface area contributed by atoms with Gasteiger partial charge >= 0.3 is 5.82 Å². The monoisotopic (exact) mass is 129 g/mol. The Morgan fingerprint density at radius 3 is 2.33 bits per heavy atom. The van der Waals surface area contributed by atoms with Crippen molar-refractivity contribution in [2.75, 3.05) is 0 Å². The van der Waals surface area contributed by atoms with Crippen molar-refractivity contribution in [1.29, 1.82) is 0 Å². The van der Waals surface area contributed by atoms with Crippen molar-refractivity contribution in [3.63, 3.8) is 0 Å². The fraction of sp³-hybridized carbons (Fsp3) is 0.500. The van der Waals surface area contributed by atoms with Crippen LogP contribution < -0.4 is 5.82 Å². The van der Waals surface area contributed by atoms with E-state index in [0.29, 0.717) is 11.5 Å². The van der Waals surface area contributed by atoms with Crippen molar-refractivity contribution in [3.8, 4) is 0 Å². The molecule has 0 aromatic carbocycles. The summed E-state index contributed by atoms with van der Waals surface area (Å²) in [5.74, 6) is 0.992. The molecule has 1 heterocycles. The second-order valence-corrected chi connectivity index (χ2v) is 1.80. The van der Waals surface area contributed by atoms with Crippen molar-refractivity contribution in [2.45, 2.75) is 20.3 Å². The summed E-state index contributed by atoms with van der Waals surface area (Å²) in [5.41, 5.74) is 0. The highest BCUT2D eigenvalue weighted by Gasteiger charge is 2.13. The Bertz CT molecular complexity index is 243. The van der Waals surface area contributed by atoms with Crippen LogP contribution in [0, 0.1) is 6.92 Å². The second kappa shape index (κ2) is 2.09. The second-order valence-electron chi connectivity index (χ2n) is 1.80. The maximum absolute atomic E-state index is 8.63. The lowest BCUT2D eigenvalue weighted by Gasteiger charge is -1.74. The molecule has 1 rings (SSSR count). The van der Waals surface area contributed by atoms with Gasteiger partial charge < -0.3 is 4.79 Å². The van der Waals surface area contributed by atoms with Gasteiger partial charge in [0.25, 0.3) is 0 Å². The molecule has 1 aromatic heterocycles. The van der Waals surface area contributed by atoms with Gasteiger partial charge in [-0.2, -0.15) is 0 Å². The lowest BCUT2D eigenvalue weighted by molar-refractivity contribution is 0.241. The molecule has 0 aliphatic rings. The molecule has 1 aromatic rings. The zero-order valence-electron chi connectivity index (χ0n) is 5.47. The molecule has 1 N–H and O–H groups in total. The minimum absolute atomic E-state index is 0.357. The van der Waals surface area contributed by atoms with E-state index in [2.05, 4.69) is 0 Å². The zero-order valence-corrected chi connectivity index (χ0v) is 5.47. The molecule has 0 spiro atoms. The molecule has 3 heteroatoms. The molecule has 0 bridgehead atoms. The van der Waals surface area contributed by atoms with E-state index >= 15 is 0 Å². The maximum atomic E-state index is 8.63. The number of hydrogen-bond acceptors (Lipinski definition) is 2. The predicted molar refractivity (Wildman–Crippen MR) is 30.2 cm³/mol. The van der Waals surface area contributed by atoms with Crippen LogP contribution in [-0.4, -0.2) is 4.79 Å². The molecule has 0 fully saturated rings. The first-order chi connectivity index (χ1) is 4.24. The van der Waals surface area contributed by atoms with Crippen LogP contribution in [0.1, 0.15) is 18.4 Å². The van der Waals surface area contributed by atoms with Crippen molar-refractivity contribution in [3.05, 3.63) is 17.3 Å². The topological polar surface area (TPSA) is 47.7 Å². The van der Waals surface area contributed by atoms with Gasteiger partial charge in [-0.1, -0.05) is 6.92 Å². The highest BCUT2D eigenvalue weighted by atomic mass is 16.6. The van der Waals surface area contributed by atoms with Crippen LogP contribution in [-0.2, 0) is 6.42 Å². The van der Waals surface area contributed by atoms with Gasteiger partial charge in [0.05, 0.1) is 0 Å². The SMILES string of the molecule is CCc1oc(=[OH+])oc1C. The van der Waals surface area contributed by atoms with Gasteiger partial charge in [-0.3, -0.25) is 8.83 Å². The fourth-order valence-corrected chi connectivity index (χ4v) is 0.707. The normalized spacial score (nSPS) is 10.0. The summed E-state index contributed by atoms with van der Waals surface area (Å²) in [7, 11) is 0. The summed E-state index contributed by atoms with van der Waals surface area (Å²) < 4.78 is 9.45. The molecule has 0 aliphatic carbocycles. The van der Waals surface area contributed by atoms with Crippen molar-refractivity contribution < 1.29 is 13.6 Å². The standard InChI is InChI=1S/C6H8O3/c1-3-5-4(2)8-6(7)9-5/h3H2,1-2H3/p+1. The van der Waals surface area contributed by atoms with Crippen LogP contribution in [0.5, 0.6) is 0 Å². The quantitative estimate of drug-likeness (QED) is 0.525. The molecule has 3 nitrogen and oxygen atoms in total. The van der Waals surface area contributed by atoms with E-state index in [9.17, 15) is 0 Å². The van der Waals surface area contributed by atoms with Gasteiger partial charge in [0.1, 0.15) is 0 Å². The summed E-state index contributed by atoms with van der Waals surface area (Å²) in [6, 6.07) is 0. The van der Waals surface area contributed by atoms with E-state index < -0.39 is 0 Å². The molecule has 50 valence electrons. The average molecular weight is 129 g/mol. The highest BCUT2D eigenvalue weighted by molar-refractivity contribution is 4.98. The molecule has 0 unspecified atom stereocenters. The molecule has 0 aliphatic heterocycles. The summed E-state index contributed by atoms with van der Waals surface area (Å²) in [5, 5.41) is 0. The Morgan fingerprint density at radius 2 is 2.11 bits per heavy atom. The minimum atomic E-state index is -0.357. The molecule has 0 radical (unpaired) electrons. The third-order valence-electron chi connectivity index (χ3n) is 1.16. The summed E-state index contributed by atoms with van der Waals surface area (Å²) in [6.07, 6.45) is 0.746. The van der Waals surface area contributed by atoms with E-state index in [-0.39, 0.29) is 5.82 Å². The lowest BCUT2D eigenvalue weighted by atomic mass is 10.3. The van der Waals surface area contributed by atoms with Crippen molar-refractivity contribution >= 4 is 0 Å². The molecule has 0 saturated heterocycles. The van der Waals surface area contributed by atoms with Crippen LogP contribution in [0.4, 0.5) is 0 Å². The van der Waals surface area contributed by atoms with Crippen molar-refractivity contribution in [2.24, 2.45) is 0 Å². The molecule has 0 saturated carbocycles. The van der Waals surface area contributed by atoms with E-state index in [4.69, 9.17) is 13.6 Å². The number of aryl methyl sites for hydroxylation is 2. The fourth-order valence-electron chi connectivity index (χ4n) is 0.707. The summed E-state index contributed by atoms with van der Waals surface area (Å²) in [4.78, 5) is 8.63. The van der Waals surface area contributed by atoms with Gasteiger partial charge in [-0.05, 0) is 0 Å². The molecule has 0 amide bonds. The third-order valence-corrected chi connectivity index (χ3v) is 1.16.